The summed E-state index contributed by atoms with van der Waals surface area (Å²) < 4.78 is 5.70. The number of hydrogen-bond acceptors (Lipinski definition) is 6. The van der Waals surface area contributed by atoms with Crippen molar-refractivity contribution in [3.63, 3.8) is 0 Å². The van der Waals surface area contributed by atoms with Gasteiger partial charge in [-0.15, -0.1) is 11.3 Å². The van der Waals surface area contributed by atoms with E-state index >= 15 is 0 Å². The molecule has 5 nitrogen and oxygen atoms in total. The number of rotatable bonds is 6. The summed E-state index contributed by atoms with van der Waals surface area (Å²) in [5, 5.41) is 3.29. The van der Waals surface area contributed by atoms with Crippen LogP contribution in [0.5, 0.6) is 6.01 Å². The molecule has 0 bridgehead atoms. The molecule has 3 aromatic rings. The summed E-state index contributed by atoms with van der Waals surface area (Å²) >= 11 is 1.73. The van der Waals surface area contributed by atoms with Crippen LogP contribution in [0.25, 0.3) is 10.6 Å². The Morgan fingerprint density at radius 2 is 1.81 bits per heavy atom. The predicted octanol–water partition coefficient (Wildman–Crippen LogP) is 3.89. The second kappa shape index (κ2) is 8.38. The highest BCUT2D eigenvalue weighted by Crippen LogP contribution is 2.25. The molecule has 0 saturated carbocycles. The lowest BCUT2D eigenvalue weighted by atomic mass is 9.98. The summed E-state index contributed by atoms with van der Waals surface area (Å²) in [6.07, 6.45) is 5.70. The van der Waals surface area contributed by atoms with E-state index in [0.717, 1.165) is 37.5 Å². The third-order valence-electron chi connectivity index (χ3n) is 4.66. The summed E-state index contributed by atoms with van der Waals surface area (Å²) in [7, 11) is 0. The topological polar surface area (TPSA) is 51.1 Å². The summed E-state index contributed by atoms with van der Waals surface area (Å²) in [6.45, 7) is 3.80. The van der Waals surface area contributed by atoms with Crippen molar-refractivity contribution in [1.82, 2.24) is 19.9 Å². The molecular weight excluding hydrogens is 344 g/mol. The molecule has 4 rings (SSSR count). The zero-order valence-electron chi connectivity index (χ0n) is 14.6. The van der Waals surface area contributed by atoms with Crippen molar-refractivity contribution in [2.45, 2.75) is 19.4 Å². The molecule has 1 aliphatic heterocycles. The zero-order chi connectivity index (χ0) is 17.6. The lowest BCUT2D eigenvalue weighted by Gasteiger charge is -2.31. The second-order valence-corrected chi connectivity index (χ2v) is 7.43. The monoisotopic (exact) mass is 366 g/mol. The van der Waals surface area contributed by atoms with Gasteiger partial charge in [0.25, 0.3) is 0 Å². The smallest absolute Gasteiger partial charge is 0.316 e. The first-order valence-electron chi connectivity index (χ1n) is 8.99. The standard InChI is InChI=1S/C20H22N4OS/c1-2-5-17(6-3-1)19-23-18(15-26-19)13-24-11-7-16(8-12-24)14-25-20-21-9-4-10-22-20/h1-6,9-10,15-16H,7-8,11-14H2. The third kappa shape index (κ3) is 4.45. The van der Waals surface area contributed by atoms with Gasteiger partial charge in [-0.3, -0.25) is 4.90 Å². The first-order valence-corrected chi connectivity index (χ1v) is 9.87. The Hall–Kier alpha value is -2.31. The summed E-state index contributed by atoms with van der Waals surface area (Å²) in [5.74, 6) is 0.574. The Bertz CT molecular complexity index is 801. The molecule has 6 heteroatoms. The van der Waals surface area contributed by atoms with E-state index in [2.05, 4.69) is 44.5 Å². The molecule has 1 aliphatic rings. The van der Waals surface area contributed by atoms with Crippen molar-refractivity contribution >= 4 is 11.3 Å². The van der Waals surface area contributed by atoms with Gasteiger partial charge in [-0.25, -0.2) is 15.0 Å². The normalized spacial score (nSPS) is 15.8. The number of nitrogens with zero attached hydrogens (tertiary/aromatic N) is 4. The first kappa shape index (κ1) is 17.1. The number of piperidine rings is 1. The molecule has 0 amide bonds. The van der Waals surface area contributed by atoms with E-state index in [1.54, 1.807) is 29.8 Å². The van der Waals surface area contributed by atoms with Crippen LogP contribution in [0.1, 0.15) is 18.5 Å². The minimum atomic E-state index is 0.478. The van der Waals surface area contributed by atoms with Crippen LogP contribution in [0.15, 0.2) is 54.2 Å². The van der Waals surface area contributed by atoms with Gasteiger partial charge in [-0.2, -0.15) is 0 Å². The Kier molecular flexibility index (Phi) is 5.52. The van der Waals surface area contributed by atoms with Crippen LogP contribution in [0, 0.1) is 5.92 Å². The maximum atomic E-state index is 5.70. The van der Waals surface area contributed by atoms with E-state index in [1.165, 1.54) is 11.3 Å². The molecule has 0 N–H and O–H groups in total. The van der Waals surface area contributed by atoms with Gasteiger partial charge in [0.05, 0.1) is 12.3 Å². The highest BCUT2D eigenvalue weighted by atomic mass is 32.1. The molecule has 3 heterocycles. The van der Waals surface area contributed by atoms with Gasteiger partial charge >= 0.3 is 6.01 Å². The molecule has 2 aromatic heterocycles. The molecular formula is C20H22N4OS. The van der Waals surface area contributed by atoms with E-state index in [4.69, 9.17) is 9.72 Å². The fourth-order valence-electron chi connectivity index (χ4n) is 3.19. The second-order valence-electron chi connectivity index (χ2n) is 6.57. The maximum Gasteiger partial charge on any atom is 0.316 e. The first-order chi connectivity index (χ1) is 12.9. The lowest BCUT2D eigenvalue weighted by molar-refractivity contribution is 0.131. The molecule has 0 atom stereocenters. The van der Waals surface area contributed by atoms with E-state index in [-0.39, 0.29) is 0 Å². The SMILES string of the molecule is c1ccc(-c2nc(CN3CCC(COc4ncccn4)CC3)cs2)cc1. The highest BCUT2D eigenvalue weighted by molar-refractivity contribution is 7.13. The fourth-order valence-corrected chi connectivity index (χ4v) is 4.00. The molecule has 0 radical (unpaired) electrons. The van der Waals surface area contributed by atoms with E-state index in [0.29, 0.717) is 18.5 Å². The third-order valence-corrected chi connectivity index (χ3v) is 5.60. The number of benzene rings is 1. The number of likely N-dealkylation sites (tertiary alicyclic amines) is 1. The minimum absolute atomic E-state index is 0.478. The van der Waals surface area contributed by atoms with Gasteiger partial charge in [0.2, 0.25) is 0 Å². The average Bonchev–Trinajstić information content (AvgIpc) is 3.17. The van der Waals surface area contributed by atoms with Gasteiger partial charge in [-0.1, -0.05) is 30.3 Å². The Labute approximate surface area is 157 Å². The van der Waals surface area contributed by atoms with Crippen LogP contribution in [0.2, 0.25) is 0 Å². The Morgan fingerprint density at radius 1 is 1.04 bits per heavy atom. The van der Waals surface area contributed by atoms with Crippen LogP contribution in [-0.2, 0) is 6.54 Å². The van der Waals surface area contributed by atoms with Crippen LogP contribution in [0.3, 0.4) is 0 Å². The summed E-state index contributed by atoms with van der Waals surface area (Å²) in [5.41, 5.74) is 2.36. The molecule has 134 valence electrons. The van der Waals surface area contributed by atoms with Crippen molar-refractivity contribution in [3.8, 4) is 16.6 Å². The van der Waals surface area contributed by atoms with E-state index < -0.39 is 0 Å². The molecule has 1 aromatic carbocycles. The molecule has 1 fully saturated rings. The van der Waals surface area contributed by atoms with Crippen LogP contribution < -0.4 is 4.74 Å². The molecule has 0 spiro atoms. The zero-order valence-corrected chi connectivity index (χ0v) is 15.4. The van der Waals surface area contributed by atoms with E-state index in [1.807, 2.05) is 6.07 Å². The van der Waals surface area contributed by atoms with Crippen molar-refractivity contribution in [1.29, 1.82) is 0 Å². The average molecular weight is 366 g/mol. The van der Waals surface area contributed by atoms with Crippen molar-refractivity contribution < 1.29 is 4.74 Å². The van der Waals surface area contributed by atoms with Gasteiger partial charge in [-0.05, 0) is 37.9 Å². The van der Waals surface area contributed by atoms with Crippen molar-refractivity contribution in [2.24, 2.45) is 5.92 Å². The van der Waals surface area contributed by atoms with Crippen LogP contribution in [-0.4, -0.2) is 39.5 Å². The Balaban J connectivity index is 1.25. The van der Waals surface area contributed by atoms with Gasteiger partial charge in [0.15, 0.2) is 0 Å². The predicted molar refractivity (Wildman–Crippen MR) is 103 cm³/mol. The van der Waals surface area contributed by atoms with Gasteiger partial charge < -0.3 is 4.74 Å². The molecule has 0 unspecified atom stereocenters. The van der Waals surface area contributed by atoms with Crippen LogP contribution in [0.4, 0.5) is 0 Å². The molecule has 0 aliphatic carbocycles. The number of ether oxygens (including phenoxy) is 1. The number of thiazole rings is 1. The molecule has 1 saturated heterocycles. The van der Waals surface area contributed by atoms with Crippen molar-refractivity contribution in [3.05, 3.63) is 59.9 Å². The van der Waals surface area contributed by atoms with E-state index in [9.17, 15) is 0 Å². The minimum Gasteiger partial charge on any atom is -0.463 e. The summed E-state index contributed by atoms with van der Waals surface area (Å²) in [4.78, 5) is 15.5. The lowest BCUT2D eigenvalue weighted by Crippen LogP contribution is -2.35. The summed E-state index contributed by atoms with van der Waals surface area (Å²) in [6, 6.07) is 12.7. The largest absolute Gasteiger partial charge is 0.463 e. The van der Waals surface area contributed by atoms with Gasteiger partial charge in [0, 0.05) is 29.9 Å². The quantitative estimate of drug-likeness (QED) is 0.662. The van der Waals surface area contributed by atoms with Crippen molar-refractivity contribution in [2.75, 3.05) is 19.7 Å². The number of hydrogen-bond donors (Lipinski definition) is 0. The Morgan fingerprint density at radius 3 is 2.58 bits per heavy atom. The number of aromatic nitrogens is 3. The fraction of sp³-hybridized carbons (Fsp3) is 0.350. The molecule has 26 heavy (non-hydrogen) atoms. The maximum absolute atomic E-state index is 5.70. The highest BCUT2D eigenvalue weighted by Gasteiger charge is 2.21. The van der Waals surface area contributed by atoms with Crippen LogP contribution >= 0.6 is 11.3 Å². The van der Waals surface area contributed by atoms with Gasteiger partial charge in [0.1, 0.15) is 5.01 Å².